The Morgan fingerprint density at radius 3 is 2.12 bits per heavy atom. The van der Waals surface area contributed by atoms with E-state index >= 15 is 0 Å². The molecule has 1 fully saturated rings. The van der Waals surface area contributed by atoms with Crippen LogP contribution in [-0.2, 0) is 11.6 Å². The largest absolute Gasteiger partial charge is 0.434 e. The van der Waals surface area contributed by atoms with Crippen molar-refractivity contribution in [3.63, 3.8) is 0 Å². The number of halogens is 3. The first kappa shape index (κ1) is 20.5. The van der Waals surface area contributed by atoms with Crippen LogP contribution in [0.4, 0.5) is 24.8 Å². The van der Waals surface area contributed by atoms with Gasteiger partial charge in [0.2, 0.25) is 0 Å². The molecule has 168 valence electrons. The van der Waals surface area contributed by atoms with Crippen LogP contribution in [0, 0.1) is 0 Å². The molecule has 0 unspecified atom stereocenters. The molecular formula is C21H23F3N8. The van der Waals surface area contributed by atoms with Crippen LogP contribution in [0.1, 0.15) is 32.2 Å². The summed E-state index contributed by atoms with van der Waals surface area (Å²) in [6.45, 7) is 8.83. The highest BCUT2D eigenvalue weighted by Crippen LogP contribution is 2.31. The zero-order valence-corrected chi connectivity index (χ0v) is 18.0. The average molecular weight is 444 g/mol. The molecular weight excluding hydrogens is 421 g/mol. The van der Waals surface area contributed by atoms with Gasteiger partial charge in [-0.05, 0) is 6.07 Å². The van der Waals surface area contributed by atoms with E-state index in [1.165, 1.54) is 16.8 Å². The quantitative estimate of drug-likeness (QED) is 0.472. The standard InChI is InChI=1S/C21H23F3N8/c1-20(2,3)15-12-14-17(25-5-7-32(14)28-15)29-8-10-30(11-9-29)18-19-27-16(21(22,23)24)13-31(19)6-4-26-18/h4-7,12-13H,8-11H2,1-3H3. The molecule has 5 heterocycles. The summed E-state index contributed by atoms with van der Waals surface area (Å²) < 4.78 is 42.6. The highest BCUT2D eigenvalue weighted by Gasteiger charge is 2.35. The molecule has 0 bridgehead atoms. The average Bonchev–Trinajstić information content (AvgIpc) is 3.37. The highest BCUT2D eigenvalue weighted by molar-refractivity contribution is 5.71. The summed E-state index contributed by atoms with van der Waals surface area (Å²) >= 11 is 0. The van der Waals surface area contributed by atoms with Gasteiger partial charge in [-0.3, -0.25) is 0 Å². The maximum atomic E-state index is 13.1. The number of hydrogen-bond donors (Lipinski definition) is 0. The number of hydrogen-bond acceptors (Lipinski definition) is 6. The monoisotopic (exact) mass is 444 g/mol. The van der Waals surface area contributed by atoms with Crippen LogP contribution in [0.3, 0.4) is 0 Å². The van der Waals surface area contributed by atoms with Gasteiger partial charge in [-0.1, -0.05) is 20.8 Å². The van der Waals surface area contributed by atoms with Gasteiger partial charge in [0.05, 0.1) is 5.69 Å². The Labute approximate surface area is 182 Å². The zero-order valence-electron chi connectivity index (χ0n) is 18.0. The van der Waals surface area contributed by atoms with Gasteiger partial charge in [-0.25, -0.2) is 19.5 Å². The van der Waals surface area contributed by atoms with Crippen molar-refractivity contribution in [2.24, 2.45) is 0 Å². The Balaban J connectivity index is 1.40. The fraction of sp³-hybridized carbons (Fsp3) is 0.429. The van der Waals surface area contributed by atoms with E-state index in [1.807, 2.05) is 15.6 Å². The van der Waals surface area contributed by atoms with Crippen LogP contribution >= 0.6 is 0 Å². The minimum absolute atomic E-state index is 0.0776. The number of rotatable bonds is 2. The summed E-state index contributed by atoms with van der Waals surface area (Å²) in [7, 11) is 0. The number of imidazole rings is 1. The van der Waals surface area contributed by atoms with E-state index in [0.717, 1.165) is 23.2 Å². The summed E-state index contributed by atoms with van der Waals surface area (Å²) in [4.78, 5) is 16.9. The lowest BCUT2D eigenvalue weighted by Crippen LogP contribution is -2.47. The molecule has 0 atom stereocenters. The van der Waals surface area contributed by atoms with E-state index in [-0.39, 0.29) is 11.1 Å². The maximum Gasteiger partial charge on any atom is 0.434 e. The highest BCUT2D eigenvalue weighted by atomic mass is 19.4. The van der Waals surface area contributed by atoms with Crippen molar-refractivity contribution in [3.05, 3.63) is 48.4 Å². The van der Waals surface area contributed by atoms with E-state index in [1.54, 1.807) is 6.20 Å². The molecule has 11 heteroatoms. The third kappa shape index (κ3) is 3.51. The fourth-order valence-corrected chi connectivity index (χ4v) is 3.91. The molecule has 0 aromatic carbocycles. The summed E-state index contributed by atoms with van der Waals surface area (Å²) in [6, 6.07) is 2.07. The molecule has 5 rings (SSSR count). The van der Waals surface area contributed by atoms with Crippen LogP contribution in [0.2, 0.25) is 0 Å². The minimum atomic E-state index is -4.50. The molecule has 0 saturated carbocycles. The molecule has 0 aliphatic carbocycles. The minimum Gasteiger partial charge on any atom is -0.351 e. The van der Waals surface area contributed by atoms with Crippen LogP contribution in [0.15, 0.2) is 37.1 Å². The van der Waals surface area contributed by atoms with E-state index in [2.05, 4.69) is 51.8 Å². The molecule has 0 radical (unpaired) electrons. The van der Waals surface area contributed by atoms with Gasteiger partial charge in [0.15, 0.2) is 23.0 Å². The van der Waals surface area contributed by atoms with Gasteiger partial charge in [-0.2, -0.15) is 18.3 Å². The van der Waals surface area contributed by atoms with Gasteiger partial charge in [0, 0.05) is 62.6 Å². The third-order valence-corrected chi connectivity index (χ3v) is 5.66. The van der Waals surface area contributed by atoms with E-state index in [4.69, 9.17) is 0 Å². The Morgan fingerprint density at radius 1 is 0.844 bits per heavy atom. The Bertz CT molecular complexity index is 1180. The van der Waals surface area contributed by atoms with E-state index in [9.17, 15) is 13.2 Å². The molecule has 1 aliphatic heterocycles. The molecule has 0 N–H and O–H groups in total. The first-order valence-electron chi connectivity index (χ1n) is 10.4. The summed E-state index contributed by atoms with van der Waals surface area (Å²) in [5.74, 6) is 1.30. The van der Waals surface area contributed by atoms with Crippen LogP contribution in [0.5, 0.6) is 0 Å². The molecule has 0 spiro atoms. The molecule has 1 aliphatic rings. The van der Waals surface area contributed by atoms with Crippen molar-refractivity contribution >= 4 is 22.8 Å². The SMILES string of the molecule is CC(C)(C)c1cc2c(N3CCN(c4nccn5cc(C(F)(F)F)nc45)CC3)nccn2n1. The van der Waals surface area contributed by atoms with Crippen molar-refractivity contribution < 1.29 is 13.2 Å². The number of piperazine rings is 1. The Kier molecular flexibility index (Phi) is 4.54. The third-order valence-electron chi connectivity index (χ3n) is 5.66. The van der Waals surface area contributed by atoms with Crippen LogP contribution in [-0.4, -0.2) is 55.1 Å². The zero-order chi connectivity index (χ0) is 22.7. The van der Waals surface area contributed by atoms with E-state index in [0.29, 0.717) is 32.0 Å². The van der Waals surface area contributed by atoms with Crippen molar-refractivity contribution in [2.45, 2.75) is 32.4 Å². The van der Waals surface area contributed by atoms with Crippen molar-refractivity contribution in [1.29, 1.82) is 0 Å². The fourth-order valence-electron chi connectivity index (χ4n) is 3.91. The Morgan fingerprint density at radius 2 is 1.47 bits per heavy atom. The van der Waals surface area contributed by atoms with Crippen LogP contribution in [0.25, 0.3) is 11.2 Å². The molecule has 4 aromatic heterocycles. The summed E-state index contributed by atoms with van der Waals surface area (Å²) in [6.07, 6.45) is 3.05. The van der Waals surface area contributed by atoms with Crippen LogP contribution < -0.4 is 9.80 Å². The number of anilines is 2. The number of fused-ring (bicyclic) bond motifs is 2. The summed E-state index contributed by atoms with van der Waals surface area (Å²) in [5.41, 5.74) is 1.14. The normalized spacial score (nSPS) is 15.8. The molecule has 8 nitrogen and oxygen atoms in total. The van der Waals surface area contributed by atoms with Gasteiger partial charge in [0.25, 0.3) is 0 Å². The molecule has 32 heavy (non-hydrogen) atoms. The maximum absolute atomic E-state index is 13.1. The lowest BCUT2D eigenvalue weighted by Gasteiger charge is -2.36. The predicted octanol–water partition coefficient (Wildman–Crippen LogP) is 3.41. The van der Waals surface area contributed by atoms with Gasteiger partial charge < -0.3 is 14.2 Å². The predicted molar refractivity (Wildman–Crippen MR) is 114 cm³/mol. The molecule has 0 amide bonds. The first-order chi connectivity index (χ1) is 15.1. The Hall–Kier alpha value is -3.37. The van der Waals surface area contributed by atoms with Crippen molar-refractivity contribution in [1.82, 2.24) is 29.0 Å². The topological polar surface area (TPSA) is 66.9 Å². The second-order valence-electron chi connectivity index (χ2n) is 8.94. The van der Waals surface area contributed by atoms with Crippen molar-refractivity contribution in [2.75, 3.05) is 36.0 Å². The number of nitrogens with zero attached hydrogens (tertiary/aromatic N) is 8. The van der Waals surface area contributed by atoms with E-state index < -0.39 is 11.9 Å². The lowest BCUT2D eigenvalue weighted by atomic mass is 9.92. The molecule has 4 aromatic rings. The molecule has 1 saturated heterocycles. The van der Waals surface area contributed by atoms with Crippen molar-refractivity contribution in [3.8, 4) is 0 Å². The lowest BCUT2D eigenvalue weighted by molar-refractivity contribution is -0.140. The second kappa shape index (κ2) is 7.07. The number of alkyl halides is 3. The van der Waals surface area contributed by atoms with Gasteiger partial charge in [0.1, 0.15) is 5.52 Å². The van der Waals surface area contributed by atoms with Gasteiger partial charge >= 0.3 is 6.18 Å². The summed E-state index contributed by atoms with van der Waals surface area (Å²) in [5, 5.41) is 4.68. The van der Waals surface area contributed by atoms with Gasteiger partial charge in [-0.15, -0.1) is 0 Å². The smallest absolute Gasteiger partial charge is 0.351 e. The second-order valence-corrected chi connectivity index (χ2v) is 8.94. The number of aromatic nitrogens is 6. The first-order valence-corrected chi connectivity index (χ1v) is 10.4.